The average molecular weight is 284 g/mol. The summed E-state index contributed by atoms with van der Waals surface area (Å²) in [6.07, 6.45) is 4.00. The molecule has 2 rings (SSSR count). The van der Waals surface area contributed by atoms with Gasteiger partial charge in [0.25, 0.3) is 5.91 Å². The van der Waals surface area contributed by atoms with E-state index in [1.165, 1.54) is 0 Å². The third kappa shape index (κ3) is 4.36. The summed E-state index contributed by atoms with van der Waals surface area (Å²) in [5.41, 5.74) is 10.1. The summed E-state index contributed by atoms with van der Waals surface area (Å²) in [4.78, 5) is 16.0. The molecule has 0 aliphatic carbocycles. The van der Waals surface area contributed by atoms with E-state index in [1.807, 2.05) is 44.2 Å². The monoisotopic (exact) mass is 284 g/mol. The van der Waals surface area contributed by atoms with Gasteiger partial charge < -0.3 is 5.73 Å². The summed E-state index contributed by atoms with van der Waals surface area (Å²) < 4.78 is 0. The topological polar surface area (TPSA) is 80.4 Å². The van der Waals surface area contributed by atoms with Gasteiger partial charge in [-0.2, -0.15) is 5.10 Å². The van der Waals surface area contributed by atoms with Crippen molar-refractivity contribution in [3.05, 3.63) is 42.1 Å². The molecule has 3 N–H and O–H groups in total. The van der Waals surface area contributed by atoms with Crippen molar-refractivity contribution in [2.24, 2.45) is 16.8 Å². The number of nitrogens with zero attached hydrogens (tertiary/aromatic N) is 2. The zero-order valence-electron chi connectivity index (χ0n) is 12.3. The molecular weight excluding hydrogens is 264 g/mol. The van der Waals surface area contributed by atoms with Gasteiger partial charge in [0.1, 0.15) is 0 Å². The number of benzene rings is 1. The quantitative estimate of drug-likeness (QED) is 0.651. The molecule has 0 radical (unpaired) electrons. The molecule has 1 amide bonds. The van der Waals surface area contributed by atoms with E-state index in [1.54, 1.807) is 12.4 Å². The van der Waals surface area contributed by atoms with Crippen LogP contribution < -0.4 is 11.2 Å². The first-order chi connectivity index (χ1) is 10.1. The van der Waals surface area contributed by atoms with E-state index >= 15 is 0 Å². The minimum Gasteiger partial charge on any atom is -0.320 e. The Labute approximate surface area is 124 Å². The molecule has 0 saturated carbocycles. The minimum atomic E-state index is -0.525. The van der Waals surface area contributed by atoms with E-state index in [-0.39, 0.29) is 5.91 Å². The summed E-state index contributed by atoms with van der Waals surface area (Å²) in [6, 6.07) is 9.13. The Balaban J connectivity index is 1.98. The van der Waals surface area contributed by atoms with Crippen LogP contribution in [0.25, 0.3) is 10.9 Å². The van der Waals surface area contributed by atoms with Gasteiger partial charge in [0.2, 0.25) is 0 Å². The van der Waals surface area contributed by atoms with Gasteiger partial charge in [-0.3, -0.25) is 9.78 Å². The van der Waals surface area contributed by atoms with Crippen molar-refractivity contribution in [3.8, 4) is 0 Å². The summed E-state index contributed by atoms with van der Waals surface area (Å²) in [5.74, 6) is 0.116. The Morgan fingerprint density at radius 3 is 3.00 bits per heavy atom. The van der Waals surface area contributed by atoms with E-state index in [4.69, 9.17) is 5.73 Å². The molecule has 21 heavy (non-hydrogen) atoms. The van der Waals surface area contributed by atoms with Crippen LogP contribution in [0, 0.1) is 5.92 Å². The molecule has 5 nitrogen and oxygen atoms in total. The highest BCUT2D eigenvalue weighted by Gasteiger charge is 2.13. The Morgan fingerprint density at radius 2 is 2.24 bits per heavy atom. The molecule has 2 aromatic rings. The van der Waals surface area contributed by atoms with Crippen LogP contribution in [-0.4, -0.2) is 23.1 Å². The zero-order valence-corrected chi connectivity index (χ0v) is 12.3. The Hall–Kier alpha value is -2.27. The number of rotatable bonds is 5. The molecule has 0 saturated heterocycles. The third-order valence-electron chi connectivity index (χ3n) is 3.08. The minimum absolute atomic E-state index is 0.262. The normalized spacial score (nSPS) is 13.0. The number of hydrazone groups is 1. The molecule has 110 valence electrons. The molecule has 1 aromatic carbocycles. The van der Waals surface area contributed by atoms with Crippen molar-refractivity contribution >= 4 is 23.0 Å². The highest BCUT2D eigenvalue weighted by Crippen LogP contribution is 2.11. The van der Waals surface area contributed by atoms with Crippen molar-refractivity contribution in [2.75, 3.05) is 0 Å². The maximum Gasteiger partial charge on any atom is 0.256 e. The van der Waals surface area contributed by atoms with Crippen molar-refractivity contribution in [3.63, 3.8) is 0 Å². The maximum atomic E-state index is 11.7. The van der Waals surface area contributed by atoms with Crippen LogP contribution in [0.5, 0.6) is 0 Å². The van der Waals surface area contributed by atoms with Crippen molar-refractivity contribution < 1.29 is 4.79 Å². The van der Waals surface area contributed by atoms with Crippen LogP contribution in [0.1, 0.15) is 25.8 Å². The predicted octanol–water partition coefficient (Wildman–Crippen LogP) is 2.06. The van der Waals surface area contributed by atoms with Gasteiger partial charge in [0.15, 0.2) is 0 Å². The van der Waals surface area contributed by atoms with E-state index in [0.29, 0.717) is 12.3 Å². The molecule has 1 atom stereocenters. The van der Waals surface area contributed by atoms with Gasteiger partial charge in [-0.25, -0.2) is 5.43 Å². The molecule has 0 fully saturated rings. The second-order valence-corrected chi connectivity index (χ2v) is 5.43. The Bertz CT molecular complexity index is 652. The van der Waals surface area contributed by atoms with Crippen LogP contribution >= 0.6 is 0 Å². The zero-order chi connectivity index (χ0) is 15.2. The van der Waals surface area contributed by atoms with Crippen LogP contribution in [-0.2, 0) is 4.79 Å². The Morgan fingerprint density at radius 1 is 1.43 bits per heavy atom. The van der Waals surface area contributed by atoms with Crippen molar-refractivity contribution in [1.82, 2.24) is 10.4 Å². The van der Waals surface area contributed by atoms with Gasteiger partial charge >= 0.3 is 0 Å². The number of aromatic nitrogens is 1. The highest BCUT2D eigenvalue weighted by atomic mass is 16.2. The second kappa shape index (κ2) is 6.95. The first-order valence-corrected chi connectivity index (χ1v) is 6.99. The number of carbonyl (C=O) groups excluding carboxylic acids is 1. The summed E-state index contributed by atoms with van der Waals surface area (Å²) in [7, 11) is 0. The number of fused-ring (bicyclic) bond motifs is 1. The number of pyridine rings is 1. The van der Waals surface area contributed by atoms with Crippen LogP contribution in [0.15, 0.2) is 41.6 Å². The number of nitrogens with one attached hydrogen (secondary N) is 1. The van der Waals surface area contributed by atoms with E-state index in [9.17, 15) is 4.79 Å². The van der Waals surface area contributed by atoms with Crippen molar-refractivity contribution in [2.45, 2.75) is 26.3 Å². The molecule has 5 heteroatoms. The lowest BCUT2D eigenvalue weighted by molar-refractivity contribution is -0.122. The van der Waals surface area contributed by atoms with Crippen molar-refractivity contribution in [1.29, 1.82) is 0 Å². The fraction of sp³-hybridized carbons (Fsp3) is 0.312. The second-order valence-electron chi connectivity index (χ2n) is 5.43. The Kier molecular flexibility index (Phi) is 5.00. The van der Waals surface area contributed by atoms with Crippen LogP contribution in [0.4, 0.5) is 0 Å². The van der Waals surface area contributed by atoms with Crippen LogP contribution in [0.2, 0.25) is 0 Å². The van der Waals surface area contributed by atoms with E-state index < -0.39 is 6.04 Å². The fourth-order valence-electron chi connectivity index (χ4n) is 2.04. The summed E-state index contributed by atoms with van der Waals surface area (Å²) in [6.45, 7) is 4.05. The van der Waals surface area contributed by atoms with Gasteiger partial charge in [-0.1, -0.05) is 26.0 Å². The lowest BCUT2D eigenvalue weighted by Crippen LogP contribution is -2.39. The number of hydrogen-bond acceptors (Lipinski definition) is 4. The smallest absolute Gasteiger partial charge is 0.256 e. The molecule has 0 bridgehead atoms. The van der Waals surface area contributed by atoms with E-state index in [2.05, 4.69) is 15.5 Å². The van der Waals surface area contributed by atoms with Gasteiger partial charge in [0, 0.05) is 11.6 Å². The lowest BCUT2D eigenvalue weighted by Gasteiger charge is -2.11. The average Bonchev–Trinajstić information content (AvgIpc) is 2.46. The van der Waals surface area contributed by atoms with Crippen LogP contribution in [0.3, 0.4) is 0 Å². The van der Waals surface area contributed by atoms with Gasteiger partial charge in [-0.15, -0.1) is 0 Å². The van der Waals surface area contributed by atoms with E-state index in [0.717, 1.165) is 16.5 Å². The molecule has 1 heterocycles. The summed E-state index contributed by atoms with van der Waals surface area (Å²) in [5, 5.41) is 4.98. The van der Waals surface area contributed by atoms with Gasteiger partial charge in [-0.05, 0) is 36.1 Å². The number of hydrogen-bond donors (Lipinski definition) is 2. The SMILES string of the molecule is CC(C)CC(N)C(=O)NN=Cc1ccc2ncccc2c1. The largest absolute Gasteiger partial charge is 0.320 e. The molecule has 1 unspecified atom stereocenters. The number of carbonyl (C=O) groups is 1. The third-order valence-corrected chi connectivity index (χ3v) is 3.08. The number of nitrogens with two attached hydrogens (primary N) is 1. The molecular formula is C16H20N4O. The first-order valence-electron chi connectivity index (χ1n) is 6.99. The molecule has 0 aliphatic heterocycles. The molecule has 0 aliphatic rings. The predicted molar refractivity (Wildman–Crippen MR) is 84.9 cm³/mol. The first kappa shape index (κ1) is 15.1. The standard InChI is InChI=1S/C16H20N4O/c1-11(2)8-14(17)16(21)20-19-10-12-5-6-15-13(9-12)4-3-7-18-15/h3-7,9-11,14H,8,17H2,1-2H3,(H,20,21). The molecule has 0 spiro atoms. The molecule has 1 aromatic heterocycles. The lowest BCUT2D eigenvalue weighted by atomic mass is 10.0. The summed E-state index contributed by atoms with van der Waals surface area (Å²) >= 11 is 0. The fourth-order valence-corrected chi connectivity index (χ4v) is 2.04. The highest BCUT2D eigenvalue weighted by molar-refractivity contribution is 5.89. The number of amides is 1. The maximum absolute atomic E-state index is 11.7. The van der Waals surface area contributed by atoms with Gasteiger partial charge in [0.05, 0.1) is 17.8 Å².